The summed E-state index contributed by atoms with van der Waals surface area (Å²) in [6, 6.07) is 13.6. The van der Waals surface area contributed by atoms with E-state index in [9.17, 15) is 4.79 Å². The van der Waals surface area contributed by atoms with Crippen LogP contribution in [0.15, 0.2) is 42.5 Å². The van der Waals surface area contributed by atoms with Gasteiger partial charge in [-0.2, -0.15) is 5.26 Å². The Hall–Kier alpha value is -3.20. The average Bonchev–Trinajstić information content (AvgIpc) is 2.66. The molecule has 6 nitrogen and oxygen atoms in total. The lowest BCUT2D eigenvalue weighted by Crippen LogP contribution is -2.22. The van der Waals surface area contributed by atoms with Gasteiger partial charge >= 0.3 is 5.97 Å². The number of hydrogen-bond donors (Lipinski definition) is 1. The molecule has 2 aromatic carbocycles. The molecule has 0 aliphatic rings. The van der Waals surface area contributed by atoms with Gasteiger partial charge in [0.25, 0.3) is 0 Å². The summed E-state index contributed by atoms with van der Waals surface area (Å²) in [7, 11) is 1.34. The highest BCUT2D eigenvalue weighted by molar-refractivity contribution is 5.81. The molecule has 2 aromatic rings. The first-order valence-electron chi connectivity index (χ1n) is 9.15. The van der Waals surface area contributed by atoms with E-state index in [2.05, 4.69) is 11.4 Å². The number of benzene rings is 2. The van der Waals surface area contributed by atoms with Gasteiger partial charge in [-0.15, -0.1) is 0 Å². The standard InChI is InChI=1S/C22H26N2O4/c1-14(2)27-19-11-8-17(12-20(19)28-15(3)4)21(22(25)26-5)24-18-9-6-16(13-23)7-10-18/h6-12,14-15,21,24H,1-5H3. The van der Waals surface area contributed by atoms with E-state index >= 15 is 0 Å². The van der Waals surface area contributed by atoms with Gasteiger partial charge in [-0.05, 0) is 69.7 Å². The lowest BCUT2D eigenvalue weighted by atomic mass is 10.1. The number of nitriles is 1. The first kappa shape index (κ1) is 21.1. The SMILES string of the molecule is COC(=O)C(Nc1ccc(C#N)cc1)c1ccc(OC(C)C)c(OC(C)C)c1. The number of ether oxygens (including phenoxy) is 3. The molecule has 6 heteroatoms. The number of methoxy groups -OCH3 is 1. The van der Waals surface area contributed by atoms with Gasteiger partial charge in [-0.1, -0.05) is 6.07 Å². The third-order valence-electron chi connectivity index (χ3n) is 3.79. The van der Waals surface area contributed by atoms with Crippen LogP contribution < -0.4 is 14.8 Å². The maximum absolute atomic E-state index is 12.4. The minimum Gasteiger partial charge on any atom is -0.487 e. The molecular weight excluding hydrogens is 356 g/mol. The molecule has 0 amide bonds. The van der Waals surface area contributed by atoms with Gasteiger partial charge in [0.15, 0.2) is 17.5 Å². The normalized spacial score (nSPS) is 11.6. The third kappa shape index (κ3) is 5.65. The minimum atomic E-state index is -0.736. The lowest BCUT2D eigenvalue weighted by Gasteiger charge is -2.22. The van der Waals surface area contributed by atoms with Crippen molar-refractivity contribution in [2.75, 3.05) is 12.4 Å². The molecule has 28 heavy (non-hydrogen) atoms. The molecule has 0 heterocycles. The topological polar surface area (TPSA) is 80.6 Å². The van der Waals surface area contributed by atoms with Crippen molar-refractivity contribution in [3.63, 3.8) is 0 Å². The van der Waals surface area contributed by atoms with Gasteiger partial charge in [-0.25, -0.2) is 4.79 Å². The summed E-state index contributed by atoms with van der Waals surface area (Å²) in [5, 5.41) is 12.1. The molecule has 0 aliphatic heterocycles. The second kappa shape index (κ2) is 9.65. The first-order valence-corrected chi connectivity index (χ1v) is 9.15. The highest BCUT2D eigenvalue weighted by Gasteiger charge is 2.23. The Balaban J connectivity index is 2.38. The summed E-state index contributed by atoms with van der Waals surface area (Å²) in [5.41, 5.74) is 1.93. The zero-order valence-electron chi connectivity index (χ0n) is 16.9. The van der Waals surface area contributed by atoms with Crippen LogP contribution in [0.2, 0.25) is 0 Å². The van der Waals surface area contributed by atoms with Crippen LogP contribution >= 0.6 is 0 Å². The molecule has 0 aromatic heterocycles. The largest absolute Gasteiger partial charge is 0.487 e. The smallest absolute Gasteiger partial charge is 0.332 e. The van der Waals surface area contributed by atoms with Crippen molar-refractivity contribution >= 4 is 11.7 Å². The van der Waals surface area contributed by atoms with Crippen LogP contribution in [0, 0.1) is 11.3 Å². The Bertz CT molecular complexity index is 839. The molecule has 2 rings (SSSR count). The summed E-state index contributed by atoms with van der Waals surface area (Å²) < 4.78 is 16.7. The van der Waals surface area contributed by atoms with Gasteiger partial charge in [0, 0.05) is 5.69 Å². The number of hydrogen-bond acceptors (Lipinski definition) is 6. The molecule has 148 valence electrons. The second-order valence-electron chi connectivity index (χ2n) is 6.83. The van der Waals surface area contributed by atoms with Crippen molar-refractivity contribution in [1.29, 1.82) is 5.26 Å². The summed E-state index contributed by atoms with van der Waals surface area (Å²) in [6.07, 6.45) is -0.0543. The van der Waals surface area contributed by atoms with Gasteiger partial charge in [0.2, 0.25) is 0 Å². The maximum atomic E-state index is 12.4. The predicted octanol–water partition coefficient (Wildman–Crippen LogP) is 4.46. The number of nitrogens with one attached hydrogen (secondary N) is 1. The first-order chi connectivity index (χ1) is 13.3. The molecule has 0 saturated carbocycles. The van der Waals surface area contributed by atoms with E-state index in [1.54, 1.807) is 36.4 Å². The zero-order valence-corrected chi connectivity index (χ0v) is 16.9. The number of carbonyl (C=O) groups is 1. The molecule has 0 spiro atoms. The van der Waals surface area contributed by atoms with Crippen LogP contribution in [-0.4, -0.2) is 25.3 Å². The molecule has 0 aliphatic carbocycles. The minimum absolute atomic E-state index is 0.00598. The number of rotatable bonds is 8. The highest BCUT2D eigenvalue weighted by Crippen LogP contribution is 2.33. The summed E-state index contributed by atoms with van der Waals surface area (Å²) in [4.78, 5) is 12.4. The third-order valence-corrected chi connectivity index (χ3v) is 3.79. The van der Waals surface area contributed by atoms with Crippen molar-refractivity contribution in [2.45, 2.75) is 45.9 Å². The van der Waals surface area contributed by atoms with Crippen LogP contribution in [0.3, 0.4) is 0 Å². The Morgan fingerprint density at radius 1 is 0.964 bits per heavy atom. The Kier molecular flexibility index (Phi) is 7.28. The average molecular weight is 382 g/mol. The summed E-state index contributed by atoms with van der Waals surface area (Å²) in [5.74, 6) is 0.753. The number of esters is 1. The van der Waals surface area contributed by atoms with Gasteiger partial charge in [-0.3, -0.25) is 0 Å². The van der Waals surface area contributed by atoms with E-state index in [0.29, 0.717) is 28.3 Å². The molecule has 0 bridgehead atoms. The van der Waals surface area contributed by atoms with E-state index < -0.39 is 12.0 Å². The molecular formula is C22H26N2O4. The van der Waals surface area contributed by atoms with E-state index in [-0.39, 0.29) is 12.2 Å². The van der Waals surface area contributed by atoms with Gasteiger partial charge in [0.1, 0.15) is 0 Å². The van der Waals surface area contributed by atoms with Gasteiger partial charge in [0.05, 0.1) is 31.0 Å². The summed E-state index contributed by atoms with van der Waals surface area (Å²) >= 11 is 0. The highest BCUT2D eigenvalue weighted by atomic mass is 16.5. The van der Waals surface area contributed by atoms with Gasteiger partial charge < -0.3 is 19.5 Å². The summed E-state index contributed by atoms with van der Waals surface area (Å²) in [6.45, 7) is 7.74. The number of carbonyl (C=O) groups excluding carboxylic acids is 1. The molecule has 0 fully saturated rings. The van der Waals surface area contributed by atoms with E-state index in [4.69, 9.17) is 19.5 Å². The fourth-order valence-electron chi connectivity index (χ4n) is 2.61. The molecule has 1 atom stereocenters. The lowest BCUT2D eigenvalue weighted by molar-refractivity contribution is -0.141. The Morgan fingerprint density at radius 2 is 1.57 bits per heavy atom. The van der Waals surface area contributed by atoms with Crippen LogP contribution in [-0.2, 0) is 9.53 Å². The Labute approximate surface area is 166 Å². The fourth-order valence-corrected chi connectivity index (χ4v) is 2.61. The van der Waals surface area contributed by atoms with E-state index in [1.165, 1.54) is 7.11 Å². The maximum Gasteiger partial charge on any atom is 0.332 e. The van der Waals surface area contributed by atoms with E-state index in [1.807, 2.05) is 33.8 Å². The Morgan fingerprint density at radius 3 is 2.11 bits per heavy atom. The number of anilines is 1. The predicted molar refractivity (Wildman–Crippen MR) is 108 cm³/mol. The fraction of sp³-hybridized carbons (Fsp3) is 0.364. The van der Waals surface area contributed by atoms with Crippen molar-refractivity contribution in [2.24, 2.45) is 0 Å². The monoisotopic (exact) mass is 382 g/mol. The van der Waals surface area contributed by atoms with E-state index in [0.717, 1.165) is 0 Å². The van der Waals surface area contributed by atoms with Crippen LogP contribution in [0.5, 0.6) is 11.5 Å². The molecule has 0 saturated heterocycles. The van der Waals surface area contributed by atoms with Crippen LogP contribution in [0.25, 0.3) is 0 Å². The quantitative estimate of drug-likeness (QED) is 0.679. The molecule has 1 N–H and O–H groups in total. The van der Waals surface area contributed by atoms with Crippen molar-refractivity contribution in [3.05, 3.63) is 53.6 Å². The van der Waals surface area contributed by atoms with Crippen molar-refractivity contribution in [3.8, 4) is 17.6 Å². The molecule has 1 unspecified atom stereocenters. The van der Waals surface area contributed by atoms with Crippen LogP contribution in [0.4, 0.5) is 5.69 Å². The second-order valence-corrected chi connectivity index (χ2v) is 6.83. The van der Waals surface area contributed by atoms with Crippen LogP contribution in [0.1, 0.15) is 44.9 Å². The zero-order chi connectivity index (χ0) is 20.7. The van der Waals surface area contributed by atoms with Crippen molar-refractivity contribution in [1.82, 2.24) is 0 Å². The molecule has 0 radical (unpaired) electrons. The number of nitrogens with zero attached hydrogens (tertiary/aromatic N) is 1. The van der Waals surface area contributed by atoms with Crippen molar-refractivity contribution < 1.29 is 19.0 Å².